The SMILES string of the molecule is CC(=N)/C=C(\Nc1cccc2ncccc12)N[S+]([O-])c1ccc(N2CCOCC2)c(F)c1. The number of hydrogen-bond donors (Lipinski definition) is 3. The Hall–Kier alpha value is -3.14. The van der Waals surface area contributed by atoms with Gasteiger partial charge in [-0.1, -0.05) is 6.07 Å². The summed E-state index contributed by atoms with van der Waals surface area (Å²) in [5.41, 5.74) is 2.30. The van der Waals surface area contributed by atoms with E-state index in [1.165, 1.54) is 12.1 Å². The van der Waals surface area contributed by atoms with Gasteiger partial charge in [0.05, 0.1) is 24.4 Å². The molecule has 4 rings (SSSR count). The Morgan fingerprint density at radius 1 is 1.22 bits per heavy atom. The van der Waals surface area contributed by atoms with E-state index in [0.29, 0.717) is 42.7 Å². The molecule has 0 aliphatic carbocycles. The molecule has 1 fully saturated rings. The van der Waals surface area contributed by atoms with Crippen LogP contribution in [0.3, 0.4) is 0 Å². The first-order chi connectivity index (χ1) is 15.5. The molecule has 1 atom stereocenters. The van der Waals surface area contributed by atoms with Crippen LogP contribution in [0.15, 0.2) is 71.5 Å². The Bertz CT molecular complexity index is 1140. The number of benzene rings is 2. The topological polar surface area (TPSA) is 96.3 Å². The molecule has 166 valence electrons. The summed E-state index contributed by atoms with van der Waals surface area (Å²) >= 11 is -1.74. The van der Waals surface area contributed by atoms with Gasteiger partial charge in [-0.05, 0) is 43.3 Å². The molecule has 0 radical (unpaired) electrons. The molecule has 0 saturated carbocycles. The summed E-state index contributed by atoms with van der Waals surface area (Å²) in [5, 5.41) is 11.9. The number of allylic oxidation sites excluding steroid dienone is 1. The predicted molar refractivity (Wildman–Crippen MR) is 126 cm³/mol. The van der Waals surface area contributed by atoms with Crippen LogP contribution in [0.4, 0.5) is 15.8 Å². The first kappa shape index (κ1) is 22.1. The zero-order valence-electron chi connectivity index (χ0n) is 17.6. The van der Waals surface area contributed by atoms with Crippen LogP contribution in [0.5, 0.6) is 0 Å². The standard InChI is InChI=1S/C23H24FN5O2S/c1-16(25)14-23(27-21-6-2-5-20-18(21)4-3-9-26-20)28-32(30)17-7-8-22(19(24)15-17)29-10-12-31-13-11-29/h2-9,14-15,25,27-28H,10-13H2,1H3/b23-14+,25-16?. The molecule has 0 amide bonds. The van der Waals surface area contributed by atoms with Gasteiger partial charge in [-0.2, -0.15) is 4.72 Å². The normalized spacial score (nSPS) is 15.5. The van der Waals surface area contributed by atoms with Crippen LogP contribution in [0.25, 0.3) is 10.9 Å². The van der Waals surface area contributed by atoms with Crippen molar-refractivity contribution in [2.45, 2.75) is 11.8 Å². The molecule has 1 aromatic heterocycles. The third kappa shape index (κ3) is 5.18. The minimum absolute atomic E-state index is 0.268. The Labute approximate surface area is 189 Å². The van der Waals surface area contributed by atoms with Gasteiger partial charge in [0.1, 0.15) is 11.4 Å². The minimum atomic E-state index is -1.74. The molecule has 1 saturated heterocycles. The van der Waals surface area contributed by atoms with Crippen LogP contribution in [0, 0.1) is 11.2 Å². The lowest BCUT2D eigenvalue weighted by Gasteiger charge is -2.29. The molecule has 3 N–H and O–H groups in total. The van der Waals surface area contributed by atoms with Gasteiger partial charge in [-0.15, -0.1) is 0 Å². The van der Waals surface area contributed by atoms with Crippen molar-refractivity contribution in [3.05, 3.63) is 72.4 Å². The number of fused-ring (bicyclic) bond motifs is 1. The fourth-order valence-electron chi connectivity index (χ4n) is 3.49. The Morgan fingerprint density at radius 3 is 2.78 bits per heavy atom. The summed E-state index contributed by atoms with van der Waals surface area (Å²) in [4.78, 5) is 6.56. The van der Waals surface area contributed by atoms with Gasteiger partial charge in [0.25, 0.3) is 0 Å². The lowest BCUT2D eigenvalue weighted by molar-refractivity contribution is 0.122. The van der Waals surface area contributed by atoms with Gasteiger partial charge in [-0.3, -0.25) is 4.98 Å². The van der Waals surface area contributed by atoms with E-state index < -0.39 is 17.2 Å². The molecular formula is C23H24FN5O2S. The van der Waals surface area contributed by atoms with Crippen LogP contribution < -0.4 is 14.9 Å². The third-order valence-corrected chi connectivity index (χ3v) is 6.05. The highest BCUT2D eigenvalue weighted by Crippen LogP contribution is 2.25. The second-order valence-corrected chi connectivity index (χ2v) is 8.54. The number of morpholine rings is 1. The van der Waals surface area contributed by atoms with Crippen molar-refractivity contribution in [3.8, 4) is 0 Å². The summed E-state index contributed by atoms with van der Waals surface area (Å²) < 4.78 is 35.9. The molecule has 3 aromatic rings. The maximum Gasteiger partial charge on any atom is 0.183 e. The second-order valence-electron chi connectivity index (χ2n) is 7.33. The van der Waals surface area contributed by atoms with Crippen molar-refractivity contribution in [2.75, 3.05) is 36.5 Å². The van der Waals surface area contributed by atoms with Gasteiger partial charge in [0.2, 0.25) is 0 Å². The number of hydrogen-bond acceptors (Lipinski definition) is 7. The van der Waals surface area contributed by atoms with E-state index in [1.54, 1.807) is 25.3 Å². The average molecular weight is 454 g/mol. The molecule has 9 heteroatoms. The van der Waals surface area contributed by atoms with Crippen LogP contribution in [-0.2, 0) is 16.1 Å². The fraction of sp³-hybridized carbons (Fsp3) is 0.217. The molecule has 7 nitrogen and oxygen atoms in total. The Kier molecular flexibility index (Phi) is 6.89. The third-order valence-electron chi connectivity index (χ3n) is 4.96. The van der Waals surface area contributed by atoms with Crippen LogP contribution >= 0.6 is 0 Å². The van der Waals surface area contributed by atoms with Gasteiger partial charge in [0, 0.05) is 48.2 Å². The van der Waals surface area contributed by atoms with E-state index in [0.717, 1.165) is 16.6 Å². The first-order valence-corrected chi connectivity index (χ1v) is 11.3. The van der Waals surface area contributed by atoms with Crippen molar-refractivity contribution in [2.24, 2.45) is 0 Å². The lowest BCUT2D eigenvalue weighted by Crippen LogP contribution is -2.36. The van der Waals surface area contributed by atoms with Gasteiger partial charge < -0.3 is 24.9 Å². The highest BCUT2D eigenvalue weighted by Gasteiger charge is 2.20. The summed E-state index contributed by atoms with van der Waals surface area (Å²) in [6, 6.07) is 14.0. The highest BCUT2D eigenvalue weighted by atomic mass is 32.2. The fourth-order valence-corrected chi connectivity index (χ4v) is 4.32. The van der Waals surface area contributed by atoms with Crippen LogP contribution in [0.1, 0.15) is 6.92 Å². The Balaban J connectivity index is 1.54. The number of aromatic nitrogens is 1. The monoisotopic (exact) mass is 453 g/mol. The number of anilines is 2. The number of nitrogens with zero attached hydrogens (tertiary/aromatic N) is 2. The summed E-state index contributed by atoms with van der Waals surface area (Å²) in [6.45, 7) is 3.97. The van der Waals surface area contributed by atoms with Crippen molar-refractivity contribution in [1.29, 1.82) is 5.41 Å². The van der Waals surface area contributed by atoms with Crippen molar-refractivity contribution >= 4 is 39.4 Å². The second kappa shape index (κ2) is 9.99. The van der Waals surface area contributed by atoms with Crippen LogP contribution in [-0.4, -0.2) is 41.6 Å². The molecule has 2 aromatic carbocycles. The molecular weight excluding hydrogens is 429 g/mol. The van der Waals surface area contributed by atoms with E-state index in [4.69, 9.17) is 10.1 Å². The first-order valence-electron chi connectivity index (χ1n) is 10.2. The quantitative estimate of drug-likeness (QED) is 0.372. The largest absolute Gasteiger partial charge is 0.588 e. The van der Waals surface area contributed by atoms with E-state index in [2.05, 4.69) is 15.0 Å². The molecule has 32 heavy (non-hydrogen) atoms. The highest BCUT2D eigenvalue weighted by molar-refractivity contribution is 7.89. The van der Waals surface area contributed by atoms with E-state index in [9.17, 15) is 8.94 Å². The lowest BCUT2D eigenvalue weighted by atomic mass is 10.2. The number of ether oxygens (including phenoxy) is 1. The smallest absolute Gasteiger partial charge is 0.183 e. The maximum atomic E-state index is 14.7. The van der Waals surface area contributed by atoms with Crippen LogP contribution in [0.2, 0.25) is 0 Å². The average Bonchev–Trinajstić information content (AvgIpc) is 2.79. The number of nitrogens with one attached hydrogen (secondary N) is 3. The van der Waals surface area contributed by atoms with Gasteiger partial charge in [-0.25, -0.2) is 4.39 Å². The number of rotatable bonds is 7. The van der Waals surface area contributed by atoms with E-state index in [-0.39, 0.29) is 5.71 Å². The van der Waals surface area contributed by atoms with Gasteiger partial charge >= 0.3 is 0 Å². The minimum Gasteiger partial charge on any atom is -0.588 e. The van der Waals surface area contributed by atoms with Gasteiger partial charge in [0.15, 0.2) is 16.5 Å². The molecule has 0 spiro atoms. The molecule has 2 heterocycles. The summed E-state index contributed by atoms with van der Waals surface area (Å²) in [5.74, 6) is -0.0637. The predicted octanol–water partition coefficient (Wildman–Crippen LogP) is 3.82. The molecule has 0 bridgehead atoms. The molecule has 1 unspecified atom stereocenters. The van der Waals surface area contributed by atoms with Crippen molar-refractivity contribution in [3.63, 3.8) is 0 Å². The summed E-state index contributed by atoms with van der Waals surface area (Å²) in [6.07, 6.45) is 3.25. The number of halogens is 1. The zero-order valence-corrected chi connectivity index (χ0v) is 18.4. The number of pyridine rings is 1. The molecule has 1 aliphatic rings. The van der Waals surface area contributed by atoms with Crippen molar-refractivity contribution in [1.82, 2.24) is 9.71 Å². The van der Waals surface area contributed by atoms with E-state index in [1.807, 2.05) is 35.2 Å². The Morgan fingerprint density at radius 2 is 2.03 bits per heavy atom. The van der Waals surface area contributed by atoms with E-state index >= 15 is 0 Å². The van der Waals surface area contributed by atoms with Crippen molar-refractivity contribution < 1.29 is 13.7 Å². The maximum absolute atomic E-state index is 14.7. The summed E-state index contributed by atoms with van der Waals surface area (Å²) in [7, 11) is 0. The molecule has 1 aliphatic heterocycles. The zero-order chi connectivity index (χ0) is 22.5.